The molecule has 0 radical (unpaired) electrons. The minimum absolute atomic E-state index is 0.532. The van der Waals surface area contributed by atoms with E-state index in [4.69, 9.17) is 16.3 Å². The predicted molar refractivity (Wildman–Crippen MR) is 99.8 cm³/mol. The summed E-state index contributed by atoms with van der Waals surface area (Å²) in [4.78, 5) is 2.32. The second-order valence-corrected chi connectivity index (χ2v) is 6.23. The summed E-state index contributed by atoms with van der Waals surface area (Å²) in [5, 5.41) is 11.1. The molecule has 2 aromatic carbocycles. The van der Waals surface area contributed by atoms with E-state index in [1.807, 2.05) is 48.5 Å². The Hall–Kier alpha value is -1.55. The summed E-state index contributed by atoms with van der Waals surface area (Å²) in [5.41, 5.74) is 1.95. The summed E-state index contributed by atoms with van der Waals surface area (Å²) >= 11 is 5.88. The summed E-state index contributed by atoms with van der Waals surface area (Å²) in [6.07, 6.45) is 0.0372. The zero-order valence-corrected chi connectivity index (χ0v) is 15.2. The van der Waals surface area contributed by atoms with E-state index in [-0.39, 0.29) is 0 Å². The third-order valence-corrected chi connectivity index (χ3v) is 4.43. The van der Waals surface area contributed by atoms with Gasteiger partial charge in [0.2, 0.25) is 0 Å². The molecule has 0 heterocycles. The van der Waals surface area contributed by atoms with Crippen molar-refractivity contribution < 1.29 is 9.84 Å². The van der Waals surface area contributed by atoms with Crippen LogP contribution in [0.3, 0.4) is 0 Å². The number of likely N-dealkylation sites (N-methyl/N-ethyl adjacent to an activating group) is 1. The second kappa shape index (κ2) is 9.67. The van der Waals surface area contributed by atoms with Crippen LogP contribution >= 0.6 is 11.6 Å². The van der Waals surface area contributed by atoms with Gasteiger partial charge >= 0.3 is 0 Å². The van der Waals surface area contributed by atoms with E-state index in [0.29, 0.717) is 18.1 Å². The number of nitrogens with zero attached hydrogens (tertiary/aromatic N) is 1. The number of rotatable bonds is 9. The fraction of sp³-hybridized carbons (Fsp3) is 0.400. The topological polar surface area (TPSA) is 32.7 Å². The van der Waals surface area contributed by atoms with Gasteiger partial charge in [-0.05, 0) is 48.5 Å². The van der Waals surface area contributed by atoms with Crippen LogP contribution in [0.5, 0.6) is 5.75 Å². The van der Waals surface area contributed by atoms with Crippen LogP contribution in [0.15, 0.2) is 48.5 Å². The van der Waals surface area contributed by atoms with Crippen molar-refractivity contribution in [3.8, 4) is 5.75 Å². The molecule has 24 heavy (non-hydrogen) atoms. The zero-order valence-electron chi connectivity index (χ0n) is 14.4. The molecule has 0 saturated heterocycles. The van der Waals surface area contributed by atoms with Gasteiger partial charge in [-0.2, -0.15) is 0 Å². The quantitative estimate of drug-likeness (QED) is 0.732. The van der Waals surface area contributed by atoms with Crippen LogP contribution in [-0.4, -0.2) is 36.2 Å². The van der Waals surface area contributed by atoms with Gasteiger partial charge in [0.15, 0.2) is 0 Å². The number of aliphatic hydroxyl groups is 1. The van der Waals surface area contributed by atoms with Gasteiger partial charge in [-0.25, -0.2) is 0 Å². The lowest BCUT2D eigenvalue weighted by Gasteiger charge is -2.18. The first-order chi connectivity index (χ1) is 11.6. The molecule has 0 unspecified atom stereocenters. The maximum atomic E-state index is 10.4. The van der Waals surface area contributed by atoms with Gasteiger partial charge in [0.25, 0.3) is 0 Å². The van der Waals surface area contributed by atoms with Gasteiger partial charge in [-0.1, -0.05) is 49.7 Å². The summed E-state index contributed by atoms with van der Waals surface area (Å²) in [5.74, 6) is 0.838. The fourth-order valence-corrected chi connectivity index (χ4v) is 2.71. The molecule has 2 aromatic rings. The molecule has 1 atom stereocenters. The van der Waals surface area contributed by atoms with Crippen LogP contribution in [0.1, 0.15) is 31.1 Å². The van der Waals surface area contributed by atoms with Crippen molar-refractivity contribution in [2.45, 2.75) is 26.4 Å². The molecule has 1 N–H and O–H groups in total. The number of aliphatic hydroxyl groups excluding tert-OH is 1. The van der Waals surface area contributed by atoms with Gasteiger partial charge in [0, 0.05) is 18.0 Å². The summed E-state index contributed by atoms with van der Waals surface area (Å²) in [7, 11) is 0. The monoisotopic (exact) mass is 347 g/mol. The highest BCUT2D eigenvalue weighted by atomic mass is 35.5. The standard InChI is InChI=1S/C20H26ClNO2/c1-3-22(4-2)13-14-24-19-11-7-17(8-12-19)20(23)15-16-5-9-18(21)10-6-16/h5-12,20,23H,3-4,13-15H2,1-2H3/t20-/m0/s1. The lowest BCUT2D eigenvalue weighted by Crippen LogP contribution is -2.27. The minimum atomic E-state index is -0.532. The molecule has 0 aromatic heterocycles. The number of halogens is 1. The maximum absolute atomic E-state index is 10.4. The molecular formula is C20H26ClNO2. The molecule has 3 nitrogen and oxygen atoms in total. The zero-order chi connectivity index (χ0) is 17.4. The maximum Gasteiger partial charge on any atom is 0.119 e. The van der Waals surface area contributed by atoms with Crippen molar-refractivity contribution in [1.29, 1.82) is 0 Å². The van der Waals surface area contributed by atoms with E-state index in [1.165, 1.54) is 0 Å². The highest BCUT2D eigenvalue weighted by Gasteiger charge is 2.09. The molecule has 0 bridgehead atoms. The van der Waals surface area contributed by atoms with Gasteiger partial charge in [0.1, 0.15) is 12.4 Å². The van der Waals surface area contributed by atoms with Crippen LogP contribution in [0.4, 0.5) is 0 Å². The molecule has 4 heteroatoms. The van der Waals surface area contributed by atoms with E-state index >= 15 is 0 Å². The number of benzene rings is 2. The average molecular weight is 348 g/mol. The van der Waals surface area contributed by atoms with Crippen molar-refractivity contribution in [1.82, 2.24) is 4.90 Å². The molecule has 2 rings (SSSR count). The van der Waals surface area contributed by atoms with Crippen LogP contribution in [0, 0.1) is 0 Å². The fourth-order valence-electron chi connectivity index (χ4n) is 2.58. The first kappa shape index (κ1) is 18.8. The van der Waals surface area contributed by atoms with Crippen LogP contribution < -0.4 is 4.74 Å². The molecule has 0 spiro atoms. The largest absolute Gasteiger partial charge is 0.492 e. The Balaban J connectivity index is 1.85. The molecular weight excluding hydrogens is 322 g/mol. The van der Waals surface area contributed by atoms with Gasteiger partial charge in [-0.15, -0.1) is 0 Å². The molecule has 0 aliphatic heterocycles. The Morgan fingerprint density at radius 3 is 2.21 bits per heavy atom. The highest BCUT2D eigenvalue weighted by molar-refractivity contribution is 6.30. The predicted octanol–water partition coefficient (Wildman–Crippen LogP) is 4.34. The van der Waals surface area contributed by atoms with Crippen molar-refractivity contribution in [3.63, 3.8) is 0 Å². The van der Waals surface area contributed by atoms with E-state index < -0.39 is 6.10 Å². The van der Waals surface area contributed by atoms with Crippen LogP contribution in [-0.2, 0) is 6.42 Å². The average Bonchev–Trinajstić information content (AvgIpc) is 2.61. The van der Waals surface area contributed by atoms with Gasteiger partial charge < -0.3 is 14.7 Å². The first-order valence-electron chi connectivity index (χ1n) is 8.50. The Labute approximate surface area is 149 Å². The van der Waals surface area contributed by atoms with E-state index in [1.54, 1.807) is 0 Å². The number of hydrogen-bond acceptors (Lipinski definition) is 3. The SMILES string of the molecule is CCN(CC)CCOc1ccc([C@@H](O)Cc2ccc(Cl)cc2)cc1. The highest BCUT2D eigenvalue weighted by Crippen LogP contribution is 2.22. The normalized spacial score (nSPS) is 12.4. The molecule has 0 fully saturated rings. The van der Waals surface area contributed by atoms with Crippen molar-refractivity contribution >= 4 is 11.6 Å². The third kappa shape index (κ3) is 5.82. The van der Waals surface area contributed by atoms with E-state index in [2.05, 4.69) is 18.7 Å². The van der Waals surface area contributed by atoms with E-state index in [9.17, 15) is 5.11 Å². The molecule has 130 valence electrons. The molecule has 0 amide bonds. The lowest BCUT2D eigenvalue weighted by molar-refractivity contribution is 0.178. The van der Waals surface area contributed by atoms with Crippen molar-refractivity contribution in [2.75, 3.05) is 26.2 Å². The Bertz CT molecular complexity index is 594. The van der Waals surface area contributed by atoms with Crippen LogP contribution in [0.2, 0.25) is 5.02 Å². The minimum Gasteiger partial charge on any atom is -0.492 e. The van der Waals surface area contributed by atoms with Crippen molar-refractivity contribution in [2.24, 2.45) is 0 Å². The van der Waals surface area contributed by atoms with Gasteiger partial charge in [-0.3, -0.25) is 0 Å². The molecule has 0 saturated carbocycles. The van der Waals surface area contributed by atoms with Crippen molar-refractivity contribution in [3.05, 3.63) is 64.7 Å². The number of hydrogen-bond donors (Lipinski definition) is 1. The smallest absolute Gasteiger partial charge is 0.119 e. The number of ether oxygens (including phenoxy) is 1. The third-order valence-electron chi connectivity index (χ3n) is 4.18. The van der Waals surface area contributed by atoms with E-state index in [0.717, 1.165) is 36.5 Å². The summed E-state index contributed by atoms with van der Waals surface area (Å²) in [6.45, 7) is 7.98. The Morgan fingerprint density at radius 1 is 1.00 bits per heavy atom. The molecule has 0 aliphatic carbocycles. The Kier molecular flexibility index (Phi) is 7.57. The second-order valence-electron chi connectivity index (χ2n) is 5.79. The Morgan fingerprint density at radius 2 is 1.62 bits per heavy atom. The summed E-state index contributed by atoms with van der Waals surface area (Å²) in [6, 6.07) is 15.3. The molecule has 0 aliphatic rings. The first-order valence-corrected chi connectivity index (χ1v) is 8.87. The lowest BCUT2D eigenvalue weighted by atomic mass is 10.0. The van der Waals surface area contributed by atoms with Gasteiger partial charge in [0.05, 0.1) is 6.10 Å². The summed E-state index contributed by atoms with van der Waals surface area (Å²) < 4.78 is 5.77. The van der Waals surface area contributed by atoms with Crippen LogP contribution in [0.25, 0.3) is 0 Å².